The summed E-state index contributed by atoms with van der Waals surface area (Å²) in [4.78, 5) is 147. The Morgan fingerprint density at radius 3 is 1.60 bits per heavy atom. The molecule has 149 heavy (non-hydrogen) atoms. The van der Waals surface area contributed by atoms with Crippen molar-refractivity contribution in [3.63, 3.8) is 0 Å². The highest BCUT2D eigenvalue weighted by Crippen LogP contribution is 2.43. The first-order valence-corrected chi connectivity index (χ1v) is 53.1. The molecule has 3 fully saturated rings. The number of anilines is 2. The van der Waals surface area contributed by atoms with Crippen LogP contribution in [0.15, 0.2) is 88.8 Å². The molecule has 3 aliphatic heterocycles. The van der Waals surface area contributed by atoms with E-state index in [9.17, 15) is 53.1 Å². The molecule has 0 radical (unpaired) electrons. The smallest absolute Gasteiger partial charge is 0.329 e. The number of aliphatic carboxylic acids is 2. The average Bonchev–Trinajstić information content (AvgIpc) is 1.67. The van der Waals surface area contributed by atoms with Crippen LogP contribution >= 0.6 is 0 Å². The summed E-state index contributed by atoms with van der Waals surface area (Å²) >= 11 is 0. The highest BCUT2D eigenvalue weighted by molar-refractivity contribution is 6.18. The topological polar surface area (TPSA) is 442 Å². The Morgan fingerprint density at radius 2 is 1.09 bits per heavy atom. The predicted molar refractivity (Wildman–Crippen MR) is 561 cm³/mol. The van der Waals surface area contributed by atoms with Crippen molar-refractivity contribution in [2.75, 3.05) is 235 Å². The number of halogens is 2. The van der Waals surface area contributed by atoms with Crippen LogP contribution in [0.1, 0.15) is 243 Å². The maximum Gasteiger partial charge on any atom is 0.329 e. The molecule has 4 aromatic carbocycles. The number of aliphatic imine (C=N–C) groups is 2. The monoisotopic (exact) mass is 2090 g/mol. The summed E-state index contributed by atoms with van der Waals surface area (Å²) in [7, 11) is 3.07. The van der Waals surface area contributed by atoms with Gasteiger partial charge in [0.1, 0.15) is 40.9 Å². The number of carboxylic acid groups (broad SMARTS) is 2. The number of aromatic nitrogens is 1. The number of nitrogens with zero attached hydrogens (tertiary/aromatic N) is 6. The van der Waals surface area contributed by atoms with Crippen molar-refractivity contribution in [2.45, 2.75) is 226 Å². The third-order valence-corrected chi connectivity index (χ3v) is 26.6. The Kier molecular flexibility index (Phi) is 58.4. The Labute approximate surface area is 876 Å². The van der Waals surface area contributed by atoms with Gasteiger partial charge in [-0.2, -0.15) is 0 Å². The van der Waals surface area contributed by atoms with Gasteiger partial charge in [0.25, 0.3) is 11.8 Å². The molecule has 8 amide bonds. The second kappa shape index (κ2) is 70.5. The molecular formula is C110H163F2N11O26. The Hall–Kier alpha value is -10.7. The average molecular weight is 2090 g/mol. The molecule has 3 saturated heterocycles. The molecule has 37 nitrogen and oxygen atoms in total. The largest absolute Gasteiger partial charge is 0.495 e. The molecule has 828 valence electrons. The number of piperidine rings is 2. The summed E-state index contributed by atoms with van der Waals surface area (Å²) < 4.78 is 110. The zero-order chi connectivity index (χ0) is 107. The van der Waals surface area contributed by atoms with E-state index in [0.29, 0.717) is 216 Å². The number of hydrogen-bond acceptors (Lipinski definition) is 27. The normalized spacial score (nSPS) is 14.3. The summed E-state index contributed by atoms with van der Waals surface area (Å²) in [6.07, 6.45) is 21.0. The number of imide groups is 1. The third-order valence-electron chi connectivity index (χ3n) is 26.6. The highest BCUT2D eigenvalue weighted by atomic mass is 19.1. The number of carboxylic acids is 2. The van der Waals surface area contributed by atoms with Crippen molar-refractivity contribution < 1.29 is 133 Å². The number of methoxy groups -OCH3 is 1. The van der Waals surface area contributed by atoms with Gasteiger partial charge in [-0.25, -0.2) is 28.2 Å². The molecule has 1 unspecified atom stereocenters. The summed E-state index contributed by atoms with van der Waals surface area (Å²) in [6.45, 7) is 25.6. The number of hydrogen-bond donors (Lipinski definition) is 7. The number of likely N-dealkylation sites (tertiary alicyclic amines) is 2. The number of aromatic amines is 1. The number of rotatable bonds is 80. The third kappa shape index (κ3) is 45.8. The van der Waals surface area contributed by atoms with Gasteiger partial charge in [0.05, 0.1) is 183 Å². The SMILES string of the molecule is C=Nc1[nH]c(-c2ccc(CCN3CCC4(CC3)CCN(C(=O)c3ccc(OC)c(N5CCC(=O)NC5=O)c3)CC4)cc2)cc1C(=NC)c1cc(F)cc(NC(=O)c2ccc(C(C)(C)OC(=O)[C@@H](C)NC(=O)CCOCCOCCOCCOCCOCCOCCOCCOCCOCCOCCOCCOCCNC(=O)CCC(C(=O)O)N(CCCCCCCCCCC)C(=O)CCCCCCCCCC(=O)O)cc2F)c1C. The number of esters is 1. The van der Waals surface area contributed by atoms with E-state index >= 15 is 8.78 Å². The fraction of sp³-hybridized carbons (Fsp3) is 0.636. The quantitative estimate of drug-likeness (QED) is 0.0108. The Balaban J connectivity index is 0.569. The minimum Gasteiger partial charge on any atom is -0.495 e. The van der Waals surface area contributed by atoms with Gasteiger partial charge in [-0.3, -0.25) is 48.8 Å². The van der Waals surface area contributed by atoms with Crippen LogP contribution in [0.5, 0.6) is 5.75 Å². The van der Waals surface area contributed by atoms with Gasteiger partial charge in [0, 0.05) is 106 Å². The molecule has 4 heterocycles. The lowest BCUT2D eigenvalue weighted by molar-refractivity contribution is -0.160. The van der Waals surface area contributed by atoms with Gasteiger partial charge in [0.2, 0.25) is 23.6 Å². The fourth-order valence-electron chi connectivity index (χ4n) is 17.8. The van der Waals surface area contributed by atoms with Crippen LogP contribution < -0.4 is 30.9 Å². The van der Waals surface area contributed by atoms with Crippen LogP contribution in [-0.4, -0.2) is 339 Å². The molecule has 7 N–H and O–H groups in total. The first-order chi connectivity index (χ1) is 72.2. The highest BCUT2D eigenvalue weighted by Gasteiger charge is 2.40. The lowest BCUT2D eigenvalue weighted by Gasteiger charge is -2.47. The standard InChI is InChI=1S/C110H163F2N11O26/c1-9-10-11-12-13-14-18-21-24-45-122(100(127)25-22-19-16-15-17-20-23-26-101(128)129)94(106(132)133)34-36-97(124)115-44-53-138-55-57-140-59-61-142-63-65-144-67-69-146-71-73-148-75-74-147-72-70-145-68-66-143-64-62-141-60-58-139-56-54-137-52-39-99(126)116-82(3)107(134)149-109(4,5)86-32-33-88(91(112)77-86)104(130)118-92-79-87(111)78-89(81(92)2)102(113-6)90-80-93(117-103(90)114-7)84-29-27-83(28-30-84)37-46-120-48-40-110(41-49-120)42-50-121(51-43-110)105(131)85-31-35-96(136-8)95(76-85)123-47-38-98(125)119-108(123)135/h27-33,35,76-80,82,94,117H,7,9-26,34,36-75H2,1-6,8H3,(H,115,124)(H,116,126)(H,118,130)(H,128,129)(H,132,133)(H,119,125,135)/t82-,94?/m1/s1. The molecule has 0 saturated carbocycles. The molecule has 0 aliphatic carbocycles. The van der Waals surface area contributed by atoms with Crippen molar-refractivity contribution in [1.82, 2.24) is 35.6 Å². The Morgan fingerprint density at radius 1 is 0.570 bits per heavy atom. The van der Waals surface area contributed by atoms with E-state index in [1.54, 1.807) is 46.0 Å². The fourth-order valence-corrected chi connectivity index (χ4v) is 17.8. The summed E-state index contributed by atoms with van der Waals surface area (Å²) in [5, 5.41) is 29.5. The Bertz CT molecular complexity index is 4910. The zero-order valence-electron chi connectivity index (χ0n) is 88.7. The van der Waals surface area contributed by atoms with E-state index in [-0.39, 0.29) is 124 Å². The predicted octanol–water partition coefficient (Wildman–Crippen LogP) is 14.5. The lowest BCUT2D eigenvalue weighted by Crippen LogP contribution is -2.50. The van der Waals surface area contributed by atoms with Gasteiger partial charge in [0.15, 0.2) is 0 Å². The van der Waals surface area contributed by atoms with Crippen LogP contribution in [0.25, 0.3) is 11.3 Å². The molecular weight excluding hydrogens is 1930 g/mol. The van der Waals surface area contributed by atoms with E-state index in [1.165, 1.54) is 79.7 Å². The number of carbonyl (C=O) groups is 10. The number of H-pyrrole nitrogens is 1. The van der Waals surface area contributed by atoms with Crippen molar-refractivity contribution >= 4 is 89.0 Å². The van der Waals surface area contributed by atoms with E-state index in [1.807, 2.05) is 23.1 Å². The number of unbranched alkanes of at least 4 members (excludes halogenated alkanes) is 14. The van der Waals surface area contributed by atoms with Crippen LogP contribution in [0.2, 0.25) is 0 Å². The second-order valence-electron chi connectivity index (χ2n) is 38.0. The summed E-state index contributed by atoms with van der Waals surface area (Å²) in [6, 6.07) is 18.7. The molecule has 5 aromatic rings. The lowest BCUT2D eigenvalue weighted by atomic mass is 9.71. The number of carbonyl (C=O) groups excluding carboxylic acids is 8. The van der Waals surface area contributed by atoms with Crippen molar-refractivity contribution in [1.29, 1.82) is 0 Å². The minimum absolute atomic E-state index is 0.0154. The first-order valence-electron chi connectivity index (χ1n) is 53.1. The zero-order valence-corrected chi connectivity index (χ0v) is 88.7. The molecule has 1 aromatic heterocycles. The molecule has 3 aliphatic rings. The minimum atomic E-state index is -1.41. The van der Waals surface area contributed by atoms with Crippen LogP contribution in [0.3, 0.4) is 0 Å². The molecule has 0 bridgehead atoms. The number of ether oxygens (including phenoxy) is 14. The maximum absolute atomic E-state index is 16.1. The molecule has 39 heteroatoms. The van der Waals surface area contributed by atoms with E-state index in [0.717, 1.165) is 126 Å². The maximum atomic E-state index is 16.1. The molecule has 1 spiro atoms. The number of urea groups is 1. The summed E-state index contributed by atoms with van der Waals surface area (Å²) in [5.74, 6) is -5.74. The number of nitrogens with one attached hydrogen (secondary N) is 5. The van der Waals surface area contributed by atoms with Gasteiger partial charge in [-0.15, -0.1) is 0 Å². The summed E-state index contributed by atoms with van der Waals surface area (Å²) in [5.41, 5.74) is 4.03. The number of amides is 8. The van der Waals surface area contributed by atoms with Crippen LogP contribution in [0, 0.1) is 24.0 Å². The van der Waals surface area contributed by atoms with E-state index < -0.39 is 65.1 Å². The van der Waals surface area contributed by atoms with Gasteiger partial charge < -0.3 is 112 Å². The van der Waals surface area contributed by atoms with Gasteiger partial charge >= 0.3 is 23.9 Å². The van der Waals surface area contributed by atoms with Gasteiger partial charge in [-0.1, -0.05) is 121 Å². The van der Waals surface area contributed by atoms with E-state index in [2.05, 4.69) is 66.9 Å². The second-order valence-corrected chi connectivity index (χ2v) is 38.0. The number of benzene rings is 4. The van der Waals surface area contributed by atoms with Crippen molar-refractivity contribution in [2.24, 2.45) is 15.4 Å². The first kappa shape index (κ1) is 124. The van der Waals surface area contributed by atoms with Crippen LogP contribution in [0.4, 0.5) is 30.8 Å². The van der Waals surface area contributed by atoms with E-state index in [4.69, 9.17) is 71.4 Å². The molecule has 2 atom stereocenters. The molecule has 8 rings (SSSR count). The van der Waals surface area contributed by atoms with Crippen molar-refractivity contribution in [3.05, 3.63) is 129 Å². The van der Waals surface area contributed by atoms with Gasteiger partial charge in [-0.05, 0) is 181 Å². The van der Waals surface area contributed by atoms with Crippen molar-refractivity contribution in [3.8, 4) is 17.0 Å². The van der Waals surface area contributed by atoms with Crippen LogP contribution in [-0.2, 0) is 107 Å².